The SMILES string of the molecule is CCc1nccn1C(=O)c1cccnc1. The van der Waals surface area contributed by atoms with E-state index in [1.165, 1.54) is 0 Å². The molecule has 0 spiro atoms. The summed E-state index contributed by atoms with van der Waals surface area (Å²) in [5.74, 6) is 0.682. The van der Waals surface area contributed by atoms with Crippen molar-refractivity contribution in [1.29, 1.82) is 0 Å². The van der Waals surface area contributed by atoms with Crippen LogP contribution in [-0.2, 0) is 6.42 Å². The molecule has 15 heavy (non-hydrogen) atoms. The summed E-state index contributed by atoms with van der Waals surface area (Å²) in [4.78, 5) is 20.0. The van der Waals surface area contributed by atoms with Gasteiger partial charge in [-0.1, -0.05) is 6.92 Å². The third-order valence-electron chi connectivity index (χ3n) is 2.16. The van der Waals surface area contributed by atoms with Gasteiger partial charge in [0, 0.05) is 31.2 Å². The highest BCUT2D eigenvalue weighted by Crippen LogP contribution is 2.04. The summed E-state index contributed by atoms with van der Waals surface area (Å²) in [6.45, 7) is 1.97. The van der Waals surface area contributed by atoms with E-state index in [-0.39, 0.29) is 5.91 Å². The highest BCUT2D eigenvalue weighted by molar-refractivity contribution is 5.95. The molecular weight excluding hydrogens is 190 g/mol. The molecule has 0 radical (unpaired) electrons. The van der Waals surface area contributed by atoms with Crippen molar-refractivity contribution in [3.63, 3.8) is 0 Å². The maximum Gasteiger partial charge on any atom is 0.264 e. The fraction of sp³-hybridized carbons (Fsp3) is 0.182. The van der Waals surface area contributed by atoms with E-state index in [2.05, 4.69) is 9.97 Å². The molecule has 0 N–H and O–H groups in total. The van der Waals surface area contributed by atoms with Crippen molar-refractivity contribution in [2.45, 2.75) is 13.3 Å². The first-order chi connectivity index (χ1) is 7.33. The van der Waals surface area contributed by atoms with Crippen molar-refractivity contribution in [2.24, 2.45) is 0 Å². The van der Waals surface area contributed by atoms with Gasteiger partial charge in [0.15, 0.2) is 0 Å². The van der Waals surface area contributed by atoms with Gasteiger partial charge < -0.3 is 0 Å². The lowest BCUT2D eigenvalue weighted by atomic mass is 10.2. The van der Waals surface area contributed by atoms with Crippen LogP contribution in [0.25, 0.3) is 0 Å². The molecule has 4 nitrogen and oxygen atoms in total. The molecule has 0 aliphatic carbocycles. The molecule has 0 fully saturated rings. The van der Waals surface area contributed by atoms with E-state index in [0.717, 1.165) is 12.2 Å². The summed E-state index contributed by atoms with van der Waals surface area (Å²) in [5, 5.41) is 0. The lowest BCUT2D eigenvalue weighted by Gasteiger charge is -2.03. The molecule has 2 aromatic heterocycles. The molecular formula is C11H11N3O. The van der Waals surface area contributed by atoms with Gasteiger partial charge in [-0.05, 0) is 12.1 Å². The van der Waals surface area contributed by atoms with E-state index < -0.39 is 0 Å². The minimum Gasteiger partial charge on any atom is -0.270 e. The lowest BCUT2D eigenvalue weighted by molar-refractivity contribution is 0.0956. The van der Waals surface area contributed by atoms with E-state index in [4.69, 9.17) is 0 Å². The molecule has 76 valence electrons. The van der Waals surface area contributed by atoms with E-state index in [1.807, 2.05) is 6.92 Å². The second-order valence-electron chi connectivity index (χ2n) is 3.11. The van der Waals surface area contributed by atoms with Crippen LogP contribution in [0, 0.1) is 0 Å². The molecule has 0 aliphatic heterocycles. The predicted molar refractivity (Wildman–Crippen MR) is 55.6 cm³/mol. The standard InChI is InChI=1S/C11H11N3O/c1-2-10-13-6-7-14(10)11(15)9-4-3-5-12-8-9/h3-8H,2H2,1H3. The lowest BCUT2D eigenvalue weighted by Crippen LogP contribution is -2.14. The van der Waals surface area contributed by atoms with E-state index >= 15 is 0 Å². The zero-order chi connectivity index (χ0) is 10.7. The second-order valence-corrected chi connectivity index (χ2v) is 3.11. The quantitative estimate of drug-likeness (QED) is 0.740. The summed E-state index contributed by atoms with van der Waals surface area (Å²) < 4.78 is 1.55. The predicted octanol–water partition coefficient (Wildman–Crippen LogP) is 1.53. The normalized spacial score (nSPS) is 10.2. The Hall–Kier alpha value is -1.97. The molecule has 0 aromatic carbocycles. The van der Waals surface area contributed by atoms with E-state index in [1.54, 1.807) is 41.5 Å². The Bertz CT molecular complexity index is 462. The smallest absolute Gasteiger partial charge is 0.264 e. The van der Waals surface area contributed by atoms with Gasteiger partial charge in [-0.3, -0.25) is 14.3 Å². The third kappa shape index (κ3) is 1.79. The van der Waals surface area contributed by atoms with E-state index in [9.17, 15) is 4.79 Å². The fourth-order valence-corrected chi connectivity index (χ4v) is 1.41. The Morgan fingerprint density at radius 3 is 3.00 bits per heavy atom. The Labute approximate surface area is 87.6 Å². The zero-order valence-electron chi connectivity index (χ0n) is 8.42. The number of rotatable bonds is 2. The molecule has 2 aromatic rings. The van der Waals surface area contributed by atoms with Gasteiger partial charge >= 0.3 is 0 Å². The average molecular weight is 201 g/mol. The zero-order valence-corrected chi connectivity index (χ0v) is 8.42. The first-order valence-corrected chi connectivity index (χ1v) is 4.80. The summed E-state index contributed by atoms with van der Waals surface area (Å²) >= 11 is 0. The molecule has 0 unspecified atom stereocenters. The Balaban J connectivity index is 2.37. The van der Waals surface area contributed by atoms with Crippen molar-refractivity contribution in [1.82, 2.24) is 14.5 Å². The number of hydrogen-bond acceptors (Lipinski definition) is 3. The number of hydrogen-bond donors (Lipinski definition) is 0. The van der Waals surface area contributed by atoms with Gasteiger partial charge in [-0.25, -0.2) is 4.98 Å². The maximum atomic E-state index is 12.0. The highest BCUT2D eigenvalue weighted by Gasteiger charge is 2.11. The number of imidazole rings is 1. The number of carbonyl (C=O) groups is 1. The topological polar surface area (TPSA) is 47.8 Å². The van der Waals surface area contributed by atoms with Crippen LogP contribution >= 0.6 is 0 Å². The van der Waals surface area contributed by atoms with Crippen LogP contribution in [0.1, 0.15) is 23.1 Å². The van der Waals surface area contributed by atoms with Crippen molar-refractivity contribution in [3.8, 4) is 0 Å². The van der Waals surface area contributed by atoms with Crippen LogP contribution in [0.4, 0.5) is 0 Å². The van der Waals surface area contributed by atoms with Crippen LogP contribution in [0.5, 0.6) is 0 Å². The summed E-state index contributed by atoms with van der Waals surface area (Å²) in [6.07, 6.45) is 7.24. The average Bonchev–Trinajstić information content (AvgIpc) is 2.77. The van der Waals surface area contributed by atoms with Crippen LogP contribution in [0.2, 0.25) is 0 Å². The van der Waals surface area contributed by atoms with Crippen molar-refractivity contribution < 1.29 is 4.79 Å². The number of pyridine rings is 1. The summed E-state index contributed by atoms with van der Waals surface area (Å²) in [6, 6.07) is 3.49. The number of aromatic nitrogens is 3. The molecule has 0 aliphatic rings. The maximum absolute atomic E-state index is 12.0. The monoisotopic (exact) mass is 201 g/mol. The van der Waals surface area contributed by atoms with E-state index in [0.29, 0.717) is 5.56 Å². The van der Waals surface area contributed by atoms with Gasteiger partial charge in [0.25, 0.3) is 5.91 Å². The largest absolute Gasteiger partial charge is 0.270 e. The first-order valence-electron chi connectivity index (χ1n) is 4.80. The molecule has 0 bridgehead atoms. The summed E-state index contributed by atoms with van der Waals surface area (Å²) in [7, 11) is 0. The Kier molecular flexibility index (Phi) is 2.58. The molecule has 0 amide bonds. The molecule has 0 saturated heterocycles. The second kappa shape index (κ2) is 4.04. The Morgan fingerprint density at radius 1 is 1.47 bits per heavy atom. The van der Waals surface area contributed by atoms with Crippen molar-refractivity contribution in [3.05, 3.63) is 48.3 Å². The minimum atomic E-state index is -0.0857. The number of carbonyl (C=O) groups excluding carboxylic acids is 1. The molecule has 4 heteroatoms. The Morgan fingerprint density at radius 2 is 2.33 bits per heavy atom. The first kappa shape index (κ1) is 9.58. The summed E-state index contributed by atoms with van der Waals surface area (Å²) in [5.41, 5.74) is 0.574. The van der Waals surface area contributed by atoms with Gasteiger partial charge in [-0.15, -0.1) is 0 Å². The van der Waals surface area contributed by atoms with Crippen LogP contribution in [0.15, 0.2) is 36.9 Å². The fourth-order valence-electron chi connectivity index (χ4n) is 1.41. The van der Waals surface area contributed by atoms with Crippen LogP contribution in [0.3, 0.4) is 0 Å². The van der Waals surface area contributed by atoms with Crippen LogP contribution < -0.4 is 0 Å². The van der Waals surface area contributed by atoms with Crippen LogP contribution in [-0.4, -0.2) is 20.4 Å². The molecule has 2 rings (SSSR count). The molecule has 0 saturated carbocycles. The highest BCUT2D eigenvalue weighted by atomic mass is 16.2. The van der Waals surface area contributed by atoms with Gasteiger partial charge in [0.05, 0.1) is 5.56 Å². The number of nitrogens with zero attached hydrogens (tertiary/aromatic N) is 3. The van der Waals surface area contributed by atoms with Gasteiger partial charge in [0.2, 0.25) is 0 Å². The third-order valence-corrected chi connectivity index (χ3v) is 2.16. The van der Waals surface area contributed by atoms with Gasteiger partial charge in [0.1, 0.15) is 5.82 Å². The molecule has 2 heterocycles. The minimum absolute atomic E-state index is 0.0857. The molecule has 0 atom stereocenters. The van der Waals surface area contributed by atoms with Gasteiger partial charge in [-0.2, -0.15) is 0 Å². The van der Waals surface area contributed by atoms with Crippen molar-refractivity contribution in [2.75, 3.05) is 0 Å². The van der Waals surface area contributed by atoms with Crippen molar-refractivity contribution >= 4 is 5.91 Å². The number of aryl methyl sites for hydroxylation is 1.